The van der Waals surface area contributed by atoms with Gasteiger partial charge in [-0.2, -0.15) is 0 Å². The molecule has 0 atom stereocenters. The lowest BCUT2D eigenvalue weighted by atomic mass is 10.1. The number of hydrogen-bond acceptors (Lipinski definition) is 5. The second kappa shape index (κ2) is 6.38. The van der Waals surface area contributed by atoms with Gasteiger partial charge in [0.15, 0.2) is 10.8 Å². The number of nitrogens with zero attached hydrogens (tertiary/aromatic N) is 4. The van der Waals surface area contributed by atoms with Crippen LogP contribution in [0.3, 0.4) is 0 Å². The summed E-state index contributed by atoms with van der Waals surface area (Å²) in [7, 11) is 0. The van der Waals surface area contributed by atoms with Gasteiger partial charge in [0.2, 0.25) is 0 Å². The summed E-state index contributed by atoms with van der Waals surface area (Å²) in [5.74, 6) is -0.611. The van der Waals surface area contributed by atoms with E-state index in [1.807, 2.05) is 6.26 Å². The van der Waals surface area contributed by atoms with Gasteiger partial charge in [0.05, 0.1) is 16.8 Å². The number of halogens is 2. The van der Waals surface area contributed by atoms with E-state index < -0.39 is 11.6 Å². The zero-order valence-corrected chi connectivity index (χ0v) is 14.5. The maximum absolute atomic E-state index is 14.4. The summed E-state index contributed by atoms with van der Waals surface area (Å²) in [5.41, 5.74) is 7.71. The van der Waals surface area contributed by atoms with Crippen molar-refractivity contribution in [1.29, 1.82) is 0 Å². The molecule has 2 aromatic heterocycles. The Morgan fingerprint density at radius 2 is 1.85 bits per heavy atom. The van der Waals surface area contributed by atoms with Gasteiger partial charge >= 0.3 is 0 Å². The van der Waals surface area contributed by atoms with Crippen molar-refractivity contribution in [2.24, 2.45) is 0 Å². The molecule has 0 amide bonds. The monoisotopic (exact) mass is 369 g/mol. The molecule has 0 saturated heterocycles. The Bertz CT molecular complexity index is 1130. The van der Waals surface area contributed by atoms with Crippen LogP contribution in [-0.4, -0.2) is 26.0 Å². The second-order valence-corrected chi connectivity index (χ2v) is 6.29. The molecule has 5 nitrogen and oxygen atoms in total. The van der Waals surface area contributed by atoms with Crippen molar-refractivity contribution in [2.75, 3.05) is 12.0 Å². The van der Waals surface area contributed by atoms with Gasteiger partial charge < -0.3 is 5.73 Å². The molecule has 4 aromatic rings. The molecule has 0 saturated carbocycles. The molecule has 2 heterocycles. The van der Waals surface area contributed by atoms with E-state index in [0.29, 0.717) is 33.1 Å². The Balaban J connectivity index is 2.05. The Hall–Kier alpha value is -3.00. The molecule has 26 heavy (non-hydrogen) atoms. The molecule has 0 radical (unpaired) electrons. The van der Waals surface area contributed by atoms with Gasteiger partial charge in [-0.3, -0.25) is 0 Å². The molecule has 0 spiro atoms. The number of benzene rings is 2. The minimum atomic E-state index is -0.419. The minimum absolute atomic E-state index is 0.219. The van der Waals surface area contributed by atoms with Crippen LogP contribution in [0.2, 0.25) is 0 Å². The van der Waals surface area contributed by atoms with E-state index in [0.717, 1.165) is 0 Å². The number of hydrogen-bond donors (Lipinski definition) is 1. The first-order valence-corrected chi connectivity index (χ1v) is 8.92. The van der Waals surface area contributed by atoms with Crippen LogP contribution in [0.25, 0.3) is 28.0 Å². The Kier molecular flexibility index (Phi) is 4.04. The smallest absolute Gasteiger partial charge is 0.190 e. The molecule has 8 heteroatoms. The number of rotatable bonds is 3. The highest BCUT2D eigenvalue weighted by atomic mass is 32.2. The summed E-state index contributed by atoms with van der Waals surface area (Å²) >= 11 is 1.32. The highest BCUT2D eigenvalue weighted by Crippen LogP contribution is 2.34. The third kappa shape index (κ3) is 2.68. The average molecular weight is 369 g/mol. The van der Waals surface area contributed by atoms with Crippen LogP contribution in [-0.2, 0) is 0 Å². The van der Waals surface area contributed by atoms with E-state index in [1.54, 1.807) is 30.3 Å². The van der Waals surface area contributed by atoms with Crippen LogP contribution < -0.4 is 5.73 Å². The summed E-state index contributed by atoms with van der Waals surface area (Å²) in [6.07, 6.45) is 1.82. The summed E-state index contributed by atoms with van der Waals surface area (Å²) in [6, 6.07) is 12.2. The lowest BCUT2D eigenvalue weighted by molar-refractivity contribution is 0.625. The first-order valence-electron chi connectivity index (χ1n) is 7.69. The van der Waals surface area contributed by atoms with Crippen LogP contribution in [0.1, 0.15) is 0 Å². The maximum Gasteiger partial charge on any atom is 0.190 e. The number of nitrogens with two attached hydrogens (primary N) is 1. The molecule has 4 rings (SSSR count). The zero-order chi connectivity index (χ0) is 18.3. The molecule has 0 unspecified atom stereocenters. The lowest BCUT2D eigenvalue weighted by Gasteiger charge is -2.07. The standard InChI is InChI=1S/C18H13F2N5S/c1-26-18-22-15(12-7-2-3-8-13(12)20)14-16(21)25(24-17(14)23-18)11-6-4-5-10(19)9-11/h2-9H,21H2,1H3. The fourth-order valence-corrected chi connectivity index (χ4v) is 3.10. The van der Waals surface area contributed by atoms with Crippen LogP contribution in [0, 0.1) is 11.6 Å². The van der Waals surface area contributed by atoms with Gasteiger partial charge in [0.1, 0.15) is 17.5 Å². The first kappa shape index (κ1) is 16.5. The zero-order valence-electron chi connectivity index (χ0n) is 13.6. The van der Waals surface area contributed by atoms with E-state index in [-0.39, 0.29) is 5.82 Å². The van der Waals surface area contributed by atoms with Gasteiger partial charge in [-0.15, -0.1) is 5.10 Å². The Morgan fingerprint density at radius 3 is 2.58 bits per heavy atom. The van der Waals surface area contributed by atoms with Crippen molar-refractivity contribution < 1.29 is 8.78 Å². The quantitative estimate of drug-likeness (QED) is 0.436. The third-order valence-electron chi connectivity index (χ3n) is 3.91. The molecular formula is C18H13F2N5S. The largest absolute Gasteiger partial charge is 0.383 e. The average Bonchev–Trinajstić information content (AvgIpc) is 2.98. The van der Waals surface area contributed by atoms with Crippen LogP contribution in [0.4, 0.5) is 14.6 Å². The van der Waals surface area contributed by atoms with Crippen molar-refractivity contribution in [3.8, 4) is 16.9 Å². The van der Waals surface area contributed by atoms with Crippen LogP contribution >= 0.6 is 11.8 Å². The highest BCUT2D eigenvalue weighted by molar-refractivity contribution is 7.98. The van der Waals surface area contributed by atoms with Gasteiger partial charge in [-0.25, -0.2) is 23.4 Å². The second-order valence-electron chi connectivity index (χ2n) is 5.51. The maximum atomic E-state index is 14.4. The van der Waals surface area contributed by atoms with Gasteiger partial charge in [0, 0.05) is 5.56 Å². The summed E-state index contributed by atoms with van der Waals surface area (Å²) in [6.45, 7) is 0. The van der Waals surface area contributed by atoms with Crippen molar-refractivity contribution in [2.45, 2.75) is 5.16 Å². The number of aromatic nitrogens is 4. The summed E-state index contributed by atoms with van der Waals surface area (Å²) < 4.78 is 29.3. The SMILES string of the molecule is CSc1nc(-c2ccccc2F)c2c(N)n(-c3cccc(F)c3)nc2n1. The molecule has 0 aliphatic carbocycles. The van der Waals surface area contributed by atoms with E-state index in [2.05, 4.69) is 15.1 Å². The summed E-state index contributed by atoms with van der Waals surface area (Å²) in [4.78, 5) is 8.80. The molecular weight excluding hydrogens is 356 g/mol. The predicted molar refractivity (Wildman–Crippen MR) is 98.2 cm³/mol. The number of anilines is 1. The topological polar surface area (TPSA) is 69.6 Å². The van der Waals surface area contributed by atoms with E-state index >= 15 is 0 Å². The van der Waals surface area contributed by atoms with Crippen molar-refractivity contribution in [1.82, 2.24) is 19.7 Å². The lowest BCUT2D eigenvalue weighted by Crippen LogP contribution is -2.02. The molecule has 2 aromatic carbocycles. The molecule has 0 aliphatic rings. The van der Waals surface area contributed by atoms with E-state index in [1.165, 1.54) is 34.6 Å². The fraction of sp³-hybridized carbons (Fsp3) is 0.0556. The van der Waals surface area contributed by atoms with E-state index in [4.69, 9.17) is 5.73 Å². The molecule has 130 valence electrons. The highest BCUT2D eigenvalue weighted by Gasteiger charge is 2.20. The number of thioether (sulfide) groups is 1. The Labute approximate surface area is 151 Å². The van der Waals surface area contributed by atoms with Crippen LogP contribution in [0.5, 0.6) is 0 Å². The summed E-state index contributed by atoms with van der Waals surface area (Å²) in [5, 5.41) is 5.26. The van der Waals surface area contributed by atoms with Crippen molar-refractivity contribution in [3.63, 3.8) is 0 Å². The predicted octanol–water partition coefficient (Wildman–Crippen LogP) is 4.06. The third-order valence-corrected chi connectivity index (χ3v) is 4.46. The van der Waals surface area contributed by atoms with Gasteiger partial charge in [-0.1, -0.05) is 30.0 Å². The van der Waals surface area contributed by atoms with Crippen LogP contribution in [0.15, 0.2) is 53.7 Å². The first-order chi connectivity index (χ1) is 12.6. The van der Waals surface area contributed by atoms with Crippen molar-refractivity contribution >= 4 is 28.6 Å². The van der Waals surface area contributed by atoms with Gasteiger partial charge in [-0.05, 0) is 36.6 Å². The van der Waals surface area contributed by atoms with E-state index in [9.17, 15) is 8.78 Å². The number of fused-ring (bicyclic) bond motifs is 1. The fourth-order valence-electron chi connectivity index (χ4n) is 2.74. The molecule has 2 N–H and O–H groups in total. The molecule has 0 fully saturated rings. The van der Waals surface area contributed by atoms with Gasteiger partial charge in [0.25, 0.3) is 0 Å². The minimum Gasteiger partial charge on any atom is -0.383 e. The Morgan fingerprint density at radius 1 is 1.04 bits per heavy atom. The molecule has 0 bridgehead atoms. The normalized spacial score (nSPS) is 11.2. The van der Waals surface area contributed by atoms with Crippen molar-refractivity contribution in [3.05, 3.63) is 60.2 Å². The number of nitrogen functional groups attached to an aromatic ring is 1. The molecule has 0 aliphatic heterocycles.